The highest BCUT2D eigenvalue weighted by Crippen LogP contribution is 2.40. The van der Waals surface area contributed by atoms with Crippen molar-refractivity contribution in [1.29, 1.82) is 5.26 Å². The Morgan fingerprint density at radius 3 is 1.88 bits per heavy atom. The molecule has 0 unspecified atom stereocenters. The summed E-state index contributed by atoms with van der Waals surface area (Å²) in [5, 5.41) is 8.79. The largest absolute Gasteiger partial charge is 0.205 e. The normalized spacial score (nSPS) is 30.0. The minimum atomic E-state index is -0.717. The van der Waals surface area contributed by atoms with Crippen LogP contribution in [0.25, 0.3) is 0 Å². The Labute approximate surface area is 153 Å². The number of nitriles is 1. The minimum Gasteiger partial charge on any atom is -0.205 e. The van der Waals surface area contributed by atoms with Gasteiger partial charge in [-0.3, -0.25) is 0 Å². The molecule has 0 aromatic heterocycles. The fraction of sp³-hybridized carbons (Fsp3) is 0.682. The van der Waals surface area contributed by atoms with Gasteiger partial charge in [0.05, 0.1) is 0 Å². The van der Waals surface area contributed by atoms with Crippen LogP contribution in [0.3, 0.4) is 0 Å². The van der Waals surface area contributed by atoms with E-state index in [9.17, 15) is 8.78 Å². The predicted molar refractivity (Wildman–Crippen MR) is 100 cm³/mol. The van der Waals surface area contributed by atoms with E-state index in [0.717, 1.165) is 49.0 Å². The summed E-state index contributed by atoms with van der Waals surface area (Å²) in [6, 6.07) is 4.34. The van der Waals surface area contributed by atoms with E-state index in [0.29, 0.717) is 0 Å². The molecule has 0 N–H and O–H groups in total. The molecule has 0 saturated heterocycles. The third-order valence-corrected chi connectivity index (χ3v) is 6.61. The zero-order chi connectivity index (χ0) is 17.8. The summed E-state index contributed by atoms with van der Waals surface area (Å²) in [5.41, 5.74) is 0.271. The summed E-state index contributed by atoms with van der Waals surface area (Å²) in [6.45, 7) is 2.37. The molecule has 140 valence electrons. The fourth-order valence-corrected chi connectivity index (χ4v) is 4.81. The predicted octanol–water partition coefficient (Wildman–Crippen LogP) is 7.21. The van der Waals surface area contributed by atoms with Crippen molar-refractivity contribution in [2.75, 3.05) is 0 Å². The van der Waals surface area contributed by atoms with Crippen LogP contribution in [0.15, 0.2) is 12.1 Å². The van der Waals surface area contributed by atoms with Gasteiger partial charge >= 0.3 is 0 Å². The van der Waals surface area contributed by atoms with E-state index >= 15 is 0 Å². The van der Waals surface area contributed by atoms with Crippen molar-refractivity contribution in [3.8, 4) is 6.07 Å². The van der Waals surface area contributed by atoms with Gasteiger partial charge in [0.25, 0.3) is 0 Å². The molecule has 0 heterocycles. The summed E-state index contributed by atoms with van der Waals surface area (Å²) in [4.78, 5) is 0. The Morgan fingerprint density at radius 2 is 1.40 bits per heavy atom. The molecule has 0 spiro atoms. The molecule has 1 aromatic carbocycles. The molecule has 0 atom stereocenters. The van der Waals surface area contributed by atoms with Crippen molar-refractivity contribution in [3.05, 3.63) is 34.9 Å². The molecule has 2 aliphatic carbocycles. The maximum Gasteiger partial charge on any atom is 0.144 e. The smallest absolute Gasteiger partial charge is 0.144 e. The molecule has 25 heavy (non-hydrogen) atoms. The topological polar surface area (TPSA) is 23.8 Å². The first-order valence-electron chi connectivity index (χ1n) is 9.95. The van der Waals surface area contributed by atoms with Crippen molar-refractivity contribution in [3.63, 3.8) is 0 Å². The van der Waals surface area contributed by atoms with Crippen LogP contribution in [-0.2, 0) is 0 Å². The lowest BCUT2D eigenvalue weighted by Gasteiger charge is -2.31. The van der Waals surface area contributed by atoms with Gasteiger partial charge in [0.15, 0.2) is 0 Å². The van der Waals surface area contributed by atoms with Gasteiger partial charge in [-0.05, 0) is 67.1 Å². The van der Waals surface area contributed by atoms with E-state index < -0.39 is 17.2 Å². The zero-order valence-corrected chi connectivity index (χ0v) is 15.2. The first-order chi connectivity index (χ1) is 12.1. The van der Waals surface area contributed by atoms with Crippen LogP contribution < -0.4 is 0 Å². The van der Waals surface area contributed by atoms with Crippen molar-refractivity contribution in [1.82, 2.24) is 0 Å². The monoisotopic (exact) mass is 349 g/mol. The molecule has 2 fully saturated rings. The average Bonchev–Trinajstić information content (AvgIpc) is 2.61. The highest BCUT2D eigenvalue weighted by Gasteiger charge is 2.25. The number of rotatable bonds is 4. The number of benzene rings is 1. The maximum atomic E-state index is 13.8. The van der Waals surface area contributed by atoms with E-state index in [-0.39, 0.29) is 8.77 Å². The van der Waals surface area contributed by atoms with Crippen molar-refractivity contribution in [2.45, 2.75) is 77.0 Å². The molecule has 1 aromatic rings. The molecule has 2 aliphatic rings. The highest BCUT2D eigenvalue weighted by molar-refractivity contribution is 5.36. The summed E-state index contributed by atoms with van der Waals surface area (Å²) in [6.07, 6.45) is 12.6. The summed E-state index contributed by atoms with van der Waals surface area (Å²) in [5.74, 6) is 1.43. The van der Waals surface area contributed by atoms with Crippen molar-refractivity contribution in [2.24, 2.45) is 17.8 Å². The first kappa shape index (κ1) is 18.4. The lowest BCUT2D eigenvalue weighted by atomic mass is 9.74. The van der Waals surface area contributed by atoms with Crippen molar-refractivity contribution < 1.29 is 11.6 Å². The molecule has 3 rings (SSSR count). The third-order valence-electron chi connectivity index (χ3n) is 6.61. The van der Waals surface area contributed by atoms with Gasteiger partial charge in [0.2, 0.25) is 0 Å². The number of halogens is 2. The number of hydrogen-bond donors (Lipinski definition) is 0. The van der Waals surface area contributed by atoms with Crippen LogP contribution in [0.1, 0.15) is 91.0 Å². The average molecular weight is 350 g/mol. The first-order valence-corrected chi connectivity index (χ1v) is 9.95. The maximum absolute atomic E-state index is 13.8. The van der Waals surface area contributed by atoms with E-state index in [2.05, 4.69) is 6.92 Å². The van der Waals surface area contributed by atoms with Crippen LogP contribution in [0, 0.1) is 40.7 Å². The quantitative estimate of drug-likeness (QED) is 0.563. The van der Waals surface area contributed by atoms with E-state index in [1.165, 1.54) is 50.7 Å². The summed E-state index contributed by atoms with van der Waals surface area (Å²) >= 11 is 0. The second-order valence-electron chi connectivity index (χ2n) is 8.39. The standard InChI is InChI=1S/C22H29F2N.2H2/c1-15-2-4-16(5-3-15)6-7-17-8-10-18(11-9-17)19-12-21(23)20(14-25)22(24)13-19;;/h12-13,15-18H,2-11H2,1H3;2*1H. The zero-order valence-electron chi connectivity index (χ0n) is 15.2. The van der Waals surface area contributed by atoms with E-state index in [1.54, 1.807) is 6.07 Å². The Balaban J connectivity index is 0.00000182. The summed E-state index contributed by atoms with van der Waals surface area (Å²) < 4.78 is 27.7. The van der Waals surface area contributed by atoms with Crippen LogP contribution >= 0.6 is 0 Å². The summed E-state index contributed by atoms with van der Waals surface area (Å²) in [7, 11) is 0. The fourth-order valence-electron chi connectivity index (χ4n) is 4.81. The Hall–Kier alpha value is -1.43. The molecule has 0 aliphatic heterocycles. The second-order valence-corrected chi connectivity index (χ2v) is 8.39. The molecule has 1 nitrogen and oxygen atoms in total. The van der Waals surface area contributed by atoms with Crippen LogP contribution in [0.5, 0.6) is 0 Å². The molecular formula is C22H33F2N. The lowest BCUT2D eigenvalue weighted by molar-refractivity contribution is 0.237. The molecular weight excluding hydrogens is 316 g/mol. The van der Waals surface area contributed by atoms with Gasteiger partial charge in [-0.1, -0.05) is 45.4 Å². The molecule has 0 amide bonds. The Bertz CT molecular complexity index is 605. The van der Waals surface area contributed by atoms with Crippen LogP contribution in [0.4, 0.5) is 8.78 Å². The molecule has 0 bridgehead atoms. The van der Waals surface area contributed by atoms with Gasteiger partial charge < -0.3 is 0 Å². The van der Waals surface area contributed by atoms with Crippen LogP contribution in [0.2, 0.25) is 0 Å². The SMILES string of the molecule is CC1CCC(CCC2CCC(c3cc(F)c(C#N)c(F)c3)CC2)CC1.[HH].[HH]. The van der Waals surface area contributed by atoms with E-state index in [1.807, 2.05) is 0 Å². The highest BCUT2D eigenvalue weighted by atomic mass is 19.1. The molecule has 3 heteroatoms. The molecule has 0 radical (unpaired) electrons. The molecule has 2 saturated carbocycles. The lowest BCUT2D eigenvalue weighted by Crippen LogP contribution is -2.17. The van der Waals surface area contributed by atoms with Gasteiger partial charge in [-0.15, -0.1) is 0 Å². The van der Waals surface area contributed by atoms with Crippen molar-refractivity contribution >= 4 is 0 Å². The third kappa shape index (κ3) is 4.60. The van der Waals surface area contributed by atoms with Gasteiger partial charge in [0.1, 0.15) is 23.3 Å². The van der Waals surface area contributed by atoms with Gasteiger partial charge in [0, 0.05) is 2.85 Å². The second kappa shape index (κ2) is 8.30. The van der Waals surface area contributed by atoms with Gasteiger partial charge in [-0.25, -0.2) is 8.78 Å². The Kier molecular flexibility index (Phi) is 6.10. The van der Waals surface area contributed by atoms with Crippen LogP contribution in [-0.4, -0.2) is 0 Å². The van der Waals surface area contributed by atoms with E-state index in [4.69, 9.17) is 5.26 Å². The minimum absolute atomic E-state index is 0. The Morgan fingerprint density at radius 1 is 0.920 bits per heavy atom. The number of hydrogen-bond acceptors (Lipinski definition) is 1. The van der Waals surface area contributed by atoms with Gasteiger partial charge in [-0.2, -0.15) is 5.26 Å². The number of nitrogens with zero attached hydrogens (tertiary/aromatic N) is 1.